The molecule has 0 saturated heterocycles. The summed E-state index contributed by atoms with van der Waals surface area (Å²) < 4.78 is 26.9. The van der Waals surface area contributed by atoms with Gasteiger partial charge in [0.1, 0.15) is 0 Å². The molecule has 2 N–H and O–H groups in total. The van der Waals surface area contributed by atoms with Crippen LogP contribution in [0.3, 0.4) is 0 Å². The molecular weight excluding hydrogens is 404 g/mol. The molecule has 10 nitrogen and oxygen atoms in total. The lowest BCUT2D eigenvalue weighted by atomic mass is 10.1. The van der Waals surface area contributed by atoms with Crippen LogP contribution >= 0.6 is 0 Å². The molecule has 0 aliphatic heterocycles. The van der Waals surface area contributed by atoms with Gasteiger partial charge in [0.15, 0.2) is 11.2 Å². The summed E-state index contributed by atoms with van der Waals surface area (Å²) in [5.41, 5.74) is 3.63. The second kappa shape index (κ2) is 7.76. The van der Waals surface area contributed by atoms with Crippen LogP contribution in [-0.4, -0.2) is 39.6 Å². The Balaban J connectivity index is 1.66. The van der Waals surface area contributed by atoms with Crippen molar-refractivity contribution in [3.63, 3.8) is 0 Å². The number of nitrogens with zero attached hydrogens (tertiary/aromatic N) is 6. The fourth-order valence-electron chi connectivity index (χ4n) is 2.86. The monoisotopic (exact) mass is 420 g/mol. The van der Waals surface area contributed by atoms with E-state index in [2.05, 4.69) is 36.4 Å². The van der Waals surface area contributed by atoms with E-state index in [9.17, 15) is 8.42 Å². The predicted molar refractivity (Wildman–Crippen MR) is 112 cm³/mol. The summed E-state index contributed by atoms with van der Waals surface area (Å²) in [4.78, 5) is 8.74. The van der Waals surface area contributed by atoms with Gasteiger partial charge in [-0.25, -0.2) is 13.4 Å². The normalized spacial score (nSPS) is 11.2. The van der Waals surface area contributed by atoms with E-state index in [0.717, 1.165) is 17.5 Å². The molecule has 150 valence electrons. The molecule has 30 heavy (non-hydrogen) atoms. The topological polar surface area (TPSA) is 138 Å². The van der Waals surface area contributed by atoms with Crippen molar-refractivity contribution in [2.75, 3.05) is 16.3 Å². The van der Waals surface area contributed by atoms with Crippen molar-refractivity contribution in [3.05, 3.63) is 60.3 Å². The average molecular weight is 420 g/mol. The van der Waals surface area contributed by atoms with Crippen LogP contribution in [0.2, 0.25) is 0 Å². The first-order valence-corrected chi connectivity index (χ1v) is 10.7. The van der Waals surface area contributed by atoms with Gasteiger partial charge >= 0.3 is 0 Å². The Hall–Kier alpha value is -4.04. The third-order valence-corrected chi connectivity index (χ3v) is 4.66. The van der Waals surface area contributed by atoms with Gasteiger partial charge in [0, 0.05) is 5.69 Å². The smallest absolute Gasteiger partial charge is 0.229 e. The quantitative estimate of drug-likeness (QED) is 0.485. The molecule has 0 bridgehead atoms. The SMILES string of the molecule is CS(=O)(=O)Nc1cccc(Nc2ncc3nnn(-c4cccc(CC#N)c4)c3n2)c1. The zero-order chi connectivity index (χ0) is 21.1. The standard InChI is InChI=1S/C19H16N8O2S/c1-30(28,29)25-15-6-3-5-14(11-15)22-19-21-12-17-18(23-19)27(26-24-17)16-7-2-4-13(10-16)8-9-20/h2-7,10-12,25H,8H2,1H3,(H,21,22,23). The number of benzene rings is 2. The molecule has 4 aromatic rings. The maximum Gasteiger partial charge on any atom is 0.229 e. The Morgan fingerprint density at radius 2 is 1.93 bits per heavy atom. The summed E-state index contributed by atoms with van der Waals surface area (Å²) in [6, 6.07) is 16.3. The molecule has 2 aromatic carbocycles. The first-order chi connectivity index (χ1) is 14.4. The molecule has 0 atom stereocenters. The van der Waals surface area contributed by atoms with Crippen LogP contribution in [0, 0.1) is 11.3 Å². The minimum absolute atomic E-state index is 0.292. The molecule has 11 heteroatoms. The highest BCUT2D eigenvalue weighted by Crippen LogP contribution is 2.21. The van der Waals surface area contributed by atoms with E-state index in [-0.39, 0.29) is 0 Å². The lowest BCUT2D eigenvalue weighted by molar-refractivity contribution is 0.607. The number of sulfonamides is 1. The number of rotatable bonds is 6. The highest BCUT2D eigenvalue weighted by atomic mass is 32.2. The Labute approximate surface area is 172 Å². The van der Waals surface area contributed by atoms with Crippen LogP contribution in [0.1, 0.15) is 5.56 Å². The van der Waals surface area contributed by atoms with E-state index in [0.29, 0.717) is 34.9 Å². The molecule has 0 unspecified atom stereocenters. The van der Waals surface area contributed by atoms with Gasteiger partial charge < -0.3 is 5.32 Å². The highest BCUT2D eigenvalue weighted by molar-refractivity contribution is 7.92. The molecule has 4 rings (SSSR count). The minimum Gasteiger partial charge on any atom is -0.324 e. The highest BCUT2D eigenvalue weighted by Gasteiger charge is 2.11. The van der Waals surface area contributed by atoms with Crippen LogP contribution in [0.15, 0.2) is 54.7 Å². The summed E-state index contributed by atoms with van der Waals surface area (Å²) in [5, 5.41) is 20.2. The second-order valence-corrected chi connectivity index (χ2v) is 8.24. The fraction of sp³-hybridized carbons (Fsp3) is 0.105. The van der Waals surface area contributed by atoms with Gasteiger partial charge in [-0.05, 0) is 35.9 Å². The maximum atomic E-state index is 11.4. The van der Waals surface area contributed by atoms with Gasteiger partial charge in [-0.15, -0.1) is 5.10 Å². The van der Waals surface area contributed by atoms with Crippen LogP contribution in [-0.2, 0) is 16.4 Å². The zero-order valence-corrected chi connectivity index (χ0v) is 16.6. The van der Waals surface area contributed by atoms with Crippen molar-refractivity contribution >= 4 is 38.5 Å². The zero-order valence-electron chi connectivity index (χ0n) is 15.8. The van der Waals surface area contributed by atoms with Crippen molar-refractivity contribution < 1.29 is 8.42 Å². The summed E-state index contributed by atoms with van der Waals surface area (Å²) in [5.74, 6) is 0.302. The molecule has 0 aliphatic carbocycles. The molecule has 0 amide bonds. The fourth-order valence-corrected chi connectivity index (χ4v) is 3.41. The molecule has 2 heterocycles. The Morgan fingerprint density at radius 3 is 2.73 bits per heavy atom. The maximum absolute atomic E-state index is 11.4. The van der Waals surface area contributed by atoms with Crippen molar-refractivity contribution in [2.45, 2.75) is 6.42 Å². The number of hydrogen-bond acceptors (Lipinski definition) is 8. The van der Waals surface area contributed by atoms with Crippen molar-refractivity contribution in [2.24, 2.45) is 0 Å². The van der Waals surface area contributed by atoms with E-state index in [1.807, 2.05) is 24.3 Å². The molecule has 0 spiro atoms. The average Bonchev–Trinajstić information content (AvgIpc) is 3.11. The van der Waals surface area contributed by atoms with Crippen molar-refractivity contribution in [1.29, 1.82) is 5.26 Å². The number of fused-ring (bicyclic) bond motifs is 1. The summed E-state index contributed by atoms with van der Waals surface area (Å²) >= 11 is 0. The molecule has 0 saturated carbocycles. The van der Waals surface area contributed by atoms with Crippen LogP contribution in [0.4, 0.5) is 17.3 Å². The lowest BCUT2D eigenvalue weighted by Gasteiger charge is -2.08. The number of nitrogens with one attached hydrogen (secondary N) is 2. The van der Waals surface area contributed by atoms with Crippen LogP contribution < -0.4 is 10.0 Å². The molecule has 0 aliphatic rings. The first kappa shape index (κ1) is 19.3. The third kappa shape index (κ3) is 4.34. The summed E-state index contributed by atoms with van der Waals surface area (Å²) in [6.45, 7) is 0. The number of anilines is 3. The van der Waals surface area contributed by atoms with E-state index in [1.54, 1.807) is 35.1 Å². The second-order valence-electron chi connectivity index (χ2n) is 6.49. The van der Waals surface area contributed by atoms with E-state index < -0.39 is 10.0 Å². The molecule has 2 aromatic heterocycles. The van der Waals surface area contributed by atoms with E-state index in [1.165, 1.54) is 0 Å². The number of hydrogen-bond donors (Lipinski definition) is 2. The number of nitriles is 1. The van der Waals surface area contributed by atoms with Crippen molar-refractivity contribution in [3.8, 4) is 11.8 Å². The summed E-state index contributed by atoms with van der Waals surface area (Å²) in [7, 11) is -3.38. The van der Waals surface area contributed by atoms with Crippen molar-refractivity contribution in [1.82, 2.24) is 25.0 Å². The largest absolute Gasteiger partial charge is 0.324 e. The van der Waals surface area contributed by atoms with Gasteiger partial charge in [0.25, 0.3) is 0 Å². The molecule has 0 fully saturated rings. The lowest BCUT2D eigenvalue weighted by Crippen LogP contribution is -2.09. The predicted octanol–water partition coefficient (Wildman–Crippen LogP) is 2.39. The summed E-state index contributed by atoms with van der Waals surface area (Å²) in [6.07, 6.45) is 2.93. The van der Waals surface area contributed by atoms with Gasteiger partial charge in [-0.2, -0.15) is 14.9 Å². The van der Waals surface area contributed by atoms with Gasteiger partial charge in [0.05, 0.1) is 36.3 Å². The molecular formula is C19H16N8O2S. The van der Waals surface area contributed by atoms with Gasteiger partial charge in [0.2, 0.25) is 16.0 Å². The Morgan fingerprint density at radius 1 is 1.13 bits per heavy atom. The van der Waals surface area contributed by atoms with E-state index >= 15 is 0 Å². The molecule has 0 radical (unpaired) electrons. The third-order valence-electron chi connectivity index (χ3n) is 4.05. The van der Waals surface area contributed by atoms with E-state index in [4.69, 9.17) is 5.26 Å². The van der Waals surface area contributed by atoms with Crippen LogP contribution in [0.25, 0.3) is 16.9 Å². The Bertz CT molecular complexity index is 1370. The number of aromatic nitrogens is 5. The Kier molecular flexibility index (Phi) is 4.99. The first-order valence-electron chi connectivity index (χ1n) is 8.81. The minimum atomic E-state index is -3.38. The van der Waals surface area contributed by atoms with Gasteiger partial charge in [-0.3, -0.25) is 4.72 Å². The van der Waals surface area contributed by atoms with Gasteiger partial charge in [-0.1, -0.05) is 23.4 Å². The van der Waals surface area contributed by atoms with Crippen LogP contribution in [0.5, 0.6) is 0 Å².